The summed E-state index contributed by atoms with van der Waals surface area (Å²) in [7, 11) is 0. The van der Waals surface area contributed by atoms with Gasteiger partial charge in [-0.2, -0.15) is 0 Å². The Hall–Kier alpha value is -1.38. The first-order valence-electron chi connectivity index (χ1n) is 4.71. The number of carbonyl (C=O) groups excluding carboxylic acids is 1. The Morgan fingerprint density at radius 3 is 2.50 bits per heavy atom. The minimum absolute atomic E-state index is 0.152. The fraction of sp³-hybridized carbons (Fsp3) is 0.455. The molecule has 76 valence electrons. The zero-order chi connectivity index (χ0) is 10.6. The monoisotopic (exact) mass is 193 g/mol. The van der Waals surface area contributed by atoms with Gasteiger partial charge in [-0.25, -0.2) is 4.98 Å². The molecule has 1 heterocycles. The first-order chi connectivity index (χ1) is 6.63. The Balaban J connectivity index is 2.64. The van der Waals surface area contributed by atoms with Crippen LogP contribution >= 0.6 is 0 Å². The summed E-state index contributed by atoms with van der Waals surface area (Å²) >= 11 is 0. The molecule has 0 aliphatic rings. The summed E-state index contributed by atoms with van der Waals surface area (Å²) in [4.78, 5) is 14.3. The van der Waals surface area contributed by atoms with E-state index in [1.54, 1.807) is 18.3 Å². The lowest BCUT2D eigenvalue weighted by molar-refractivity contribution is 0.111. The standard InChI is InChI=1S/C11H15NO2/c1-8(2)9(3)14-11-5-4-10(7-13)12-6-11/h4-9H,1-3H3. The van der Waals surface area contributed by atoms with E-state index in [2.05, 4.69) is 18.8 Å². The van der Waals surface area contributed by atoms with Gasteiger partial charge in [-0.15, -0.1) is 0 Å². The molecule has 0 radical (unpaired) electrons. The lowest BCUT2D eigenvalue weighted by Gasteiger charge is -2.17. The van der Waals surface area contributed by atoms with Crippen molar-refractivity contribution in [3.8, 4) is 5.75 Å². The molecule has 1 unspecified atom stereocenters. The van der Waals surface area contributed by atoms with Crippen molar-refractivity contribution >= 4 is 6.29 Å². The van der Waals surface area contributed by atoms with E-state index in [0.29, 0.717) is 17.4 Å². The van der Waals surface area contributed by atoms with Crippen molar-refractivity contribution in [1.29, 1.82) is 0 Å². The molecule has 0 bridgehead atoms. The van der Waals surface area contributed by atoms with Gasteiger partial charge in [-0.3, -0.25) is 4.79 Å². The number of hydrogen-bond donors (Lipinski definition) is 0. The van der Waals surface area contributed by atoms with Gasteiger partial charge in [0.05, 0.1) is 12.3 Å². The molecule has 3 nitrogen and oxygen atoms in total. The molecule has 1 rings (SSSR count). The average molecular weight is 193 g/mol. The molecule has 0 fully saturated rings. The molecule has 0 aromatic carbocycles. The maximum atomic E-state index is 10.3. The Kier molecular flexibility index (Phi) is 3.63. The second-order valence-electron chi connectivity index (χ2n) is 3.60. The van der Waals surface area contributed by atoms with Crippen molar-refractivity contribution < 1.29 is 9.53 Å². The predicted molar refractivity (Wildman–Crippen MR) is 54.6 cm³/mol. The van der Waals surface area contributed by atoms with Gasteiger partial charge in [0.2, 0.25) is 0 Å². The van der Waals surface area contributed by atoms with Crippen LogP contribution in [0.1, 0.15) is 31.3 Å². The van der Waals surface area contributed by atoms with Crippen LogP contribution in [0.25, 0.3) is 0 Å². The summed E-state index contributed by atoms with van der Waals surface area (Å²) in [5, 5.41) is 0. The Morgan fingerprint density at radius 1 is 1.36 bits per heavy atom. The van der Waals surface area contributed by atoms with E-state index < -0.39 is 0 Å². The lowest BCUT2D eigenvalue weighted by atomic mass is 10.1. The van der Waals surface area contributed by atoms with E-state index in [0.717, 1.165) is 6.29 Å². The van der Waals surface area contributed by atoms with Gasteiger partial charge in [0.1, 0.15) is 11.4 Å². The van der Waals surface area contributed by atoms with Crippen molar-refractivity contribution in [3.05, 3.63) is 24.0 Å². The molecule has 0 saturated heterocycles. The van der Waals surface area contributed by atoms with Crippen LogP contribution in [-0.4, -0.2) is 17.4 Å². The Labute approximate surface area is 84.1 Å². The fourth-order valence-electron chi connectivity index (χ4n) is 0.882. The highest BCUT2D eigenvalue weighted by molar-refractivity contribution is 5.71. The van der Waals surface area contributed by atoms with E-state index in [9.17, 15) is 4.79 Å². The van der Waals surface area contributed by atoms with Crippen molar-refractivity contribution in [3.63, 3.8) is 0 Å². The summed E-state index contributed by atoms with van der Waals surface area (Å²) in [5.41, 5.74) is 0.426. The topological polar surface area (TPSA) is 39.2 Å². The molecule has 0 spiro atoms. The van der Waals surface area contributed by atoms with Gasteiger partial charge in [0, 0.05) is 0 Å². The molecule has 1 aromatic heterocycles. The quantitative estimate of drug-likeness (QED) is 0.689. The average Bonchev–Trinajstić information content (AvgIpc) is 2.19. The number of nitrogens with zero attached hydrogens (tertiary/aromatic N) is 1. The smallest absolute Gasteiger partial charge is 0.168 e. The minimum atomic E-state index is 0.152. The normalized spacial score (nSPS) is 12.6. The van der Waals surface area contributed by atoms with E-state index in [1.165, 1.54) is 0 Å². The molecule has 14 heavy (non-hydrogen) atoms. The van der Waals surface area contributed by atoms with Crippen molar-refractivity contribution in [2.24, 2.45) is 5.92 Å². The number of rotatable bonds is 4. The van der Waals surface area contributed by atoms with Crippen LogP contribution in [-0.2, 0) is 0 Å². The van der Waals surface area contributed by atoms with E-state index >= 15 is 0 Å². The third kappa shape index (κ3) is 2.83. The highest BCUT2D eigenvalue weighted by Gasteiger charge is 2.08. The summed E-state index contributed by atoms with van der Waals surface area (Å²) in [6.45, 7) is 6.20. The third-order valence-corrected chi connectivity index (χ3v) is 2.14. The number of hydrogen-bond acceptors (Lipinski definition) is 3. The Bertz CT molecular complexity index is 293. The van der Waals surface area contributed by atoms with Crippen LogP contribution in [0.4, 0.5) is 0 Å². The van der Waals surface area contributed by atoms with Gasteiger partial charge in [-0.1, -0.05) is 13.8 Å². The molecule has 0 aliphatic carbocycles. The summed E-state index contributed by atoms with van der Waals surface area (Å²) in [6, 6.07) is 3.41. The number of pyridine rings is 1. The zero-order valence-electron chi connectivity index (χ0n) is 8.73. The second kappa shape index (κ2) is 4.74. The van der Waals surface area contributed by atoms with Crippen LogP contribution in [0.2, 0.25) is 0 Å². The van der Waals surface area contributed by atoms with Gasteiger partial charge < -0.3 is 4.74 Å². The molecule has 1 aromatic rings. The highest BCUT2D eigenvalue weighted by atomic mass is 16.5. The SMILES string of the molecule is CC(C)C(C)Oc1ccc(C=O)nc1. The largest absolute Gasteiger partial charge is 0.489 e. The number of aromatic nitrogens is 1. The van der Waals surface area contributed by atoms with Gasteiger partial charge in [-0.05, 0) is 25.0 Å². The van der Waals surface area contributed by atoms with Gasteiger partial charge >= 0.3 is 0 Å². The zero-order valence-corrected chi connectivity index (χ0v) is 8.73. The molecule has 0 aliphatic heterocycles. The minimum Gasteiger partial charge on any atom is -0.489 e. The van der Waals surface area contributed by atoms with Gasteiger partial charge in [0.25, 0.3) is 0 Å². The van der Waals surface area contributed by atoms with Crippen LogP contribution in [0, 0.1) is 5.92 Å². The fourth-order valence-corrected chi connectivity index (χ4v) is 0.882. The van der Waals surface area contributed by atoms with Crippen molar-refractivity contribution in [2.75, 3.05) is 0 Å². The van der Waals surface area contributed by atoms with Crippen LogP contribution in [0.5, 0.6) is 5.75 Å². The summed E-state index contributed by atoms with van der Waals surface area (Å²) in [6.07, 6.45) is 2.44. The van der Waals surface area contributed by atoms with Crippen LogP contribution < -0.4 is 4.74 Å². The molecule has 0 amide bonds. The molecular formula is C11H15NO2. The maximum absolute atomic E-state index is 10.3. The van der Waals surface area contributed by atoms with Crippen molar-refractivity contribution in [1.82, 2.24) is 4.98 Å². The highest BCUT2D eigenvalue weighted by Crippen LogP contribution is 2.14. The van der Waals surface area contributed by atoms with Crippen molar-refractivity contribution in [2.45, 2.75) is 26.9 Å². The number of carbonyl (C=O) groups is 1. The molecular weight excluding hydrogens is 178 g/mol. The van der Waals surface area contributed by atoms with E-state index in [-0.39, 0.29) is 6.10 Å². The number of aldehydes is 1. The van der Waals surface area contributed by atoms with Crippen LogP contribution in [0.3, 0.4) is 0 Å². The van der Waals surface area contributed by atoms with E-state index in [1.807, 2.05) is 6.92 Å². The molecule has 3 heteroatoms. The maximum Gasteiger partial charge on any atom is 0.168 e. The summed E-state index contributed by atoms with van der Waals surface area (Å²) in [5.74, 6) is 1.16. The summed E-state index contributed by atoms with van der Waals surface area (Å²) < 4.78 is 5.60. The van der Waals surface area contributed by atoms with E-state index in [4.69, 9.17) is 4.74 Å². The first kappa shape index (κ1) is 10.7. The first-order valence-corrected chi connectivity index (χ1v) is 4.71. The molecule has 0 N–H and O–H groups in total. The van der Waals surface area contributed by atoms with Crippen LogP contribution in [0.15, 0.2) is 18.3 Å². The predicted octanol–water partition coefficient (Wildman–Crippen LogP) is 2.32. The molecule has 0 saturated carbocycles. The molecule has 1 atom stereocenters. The second-order valence-corrected chi connectivity index (χ2v) is 3.60. The Morgan fingerprint density at radius 2 is 2.07 bits per heavy atom. The lowest BCUT2D eigenvalue weighted by Crippen LogP contribution is -2.18. The number of ether oxygens (including phenoxy) is 1. The van der Waals surface area contributed by atoms with Gasteiger partial charge in [0.15, 0.2) is 6.29 Å². The third-order valence-electron chi connectivity index (χ3n) is 2.14.